The van der Waals surface area contributed by atoms with Crippen molar-refractivity contribution in [1.29, 1.82) is 0 Å². The van der Waals surface area contributed by atoms with Crippen molar-refractivity contribution in [2.45, 2.75) is 25.9 Å². The fraction of sp³-hybridized carbons (Fsp3) is 0.312. The summed E-state index contributed by atoms with van der Waals surface area (Å²) in [6.45, 7) is 3.03. The predicted molar refractivity (Wildman–Crippen MR) is 85.2 cm³/mol. The first-order chi connectivity index (χ1) is 9.80. The molecule has 1 unspecified atom stereocenters. The second-order valence-corrected chi connectivity index (χ2v) is 6.05. The molecule has 20 heavy (non-hydrogen) atoms. The molecule has 0 amide bonds. The molecule has 1 N–H and O–H groups in total. The second kappa shape index (κ2) is 5.77. The Hall–Kier alpha value is -1.65. The molecular formula is C16H19N3S. The highest BCUT2D eigenvalue weighted by Crippen LogP contribution is 2.31. The summed E-state index contributed by atoms with van der Waals surface area (Å²) in [5.41, 5.74) is 1.28. The molecule has 4 heteroatoms. The Morgan fingerprint density at radius 3 is 2.90 bits per heavy atom. The normalized spacial score (nSPS) is 12.9. The maximum atomic E-state index is 4.35. The first-order valence-corrected chi connectivity index (χ1v) is 7.79. The van der Waals surface area contributed by atoms with Crippen LogP contribution in [0, 0.1) is 0 Å². The molecule has 2 heterocycles. The van der Waals surface area contributed by atoms with Crippen molar-refractivity contribution < 1.29 is 0 Å². The number of aryl methyl sites for hydroxylation is 1. The Balaban J connectivity index is 1.85. The average Bonchev–Trinajstić information content (AvgIpc) is 3.10. The molecule has 1 atom stereocenters. The van der Waals surface area contributed by atoms with E-state index in [1.807, 2.05) is 29.3 Å². The lowest BCUT2D eigenvalue weighted by Gasteiger charge is -2.12. The van der Waals surface area contributed by atoms with Crippen molar-refractivity contribution in [2.75, 3.05) is 7.05 Å². The zero-order chi connectivity index (χ0) is 13.9. The first kappa shape index (κ1) is 13.3. The van der Waals surface area contributed by atoms with E-state index < -0.39 is 0 Å². The highest BCUT2D eigenvalue weighted by Gasteiger charge is 2.14. The van der Waals surface area contributed by atoms with Gasteiger partial charge in [0.1, 0.15) is 0 Å². The van der Waals surface area contributed by atoms with Crippen LogP contribution in [0.3, 0.4) is 0 Å². The number of hydrogen-bond donors (Lipinski definition) is 1. The molecule has 0 saturated heterocycles. The van der Waals surface area contributed by atoms with Gasteiger partial charge in [0.2, 0.25) is 0 Å². The van der Waals surface area contributed by atoms with Crippen molar-refractivity contribution in [3.63, 3.8) is 0 Å². The number of nitrogens with one attached hydrogen (secondary N) is 1. The SMILES string of the molecule is CCn1cc(CC(NC)c2cc3ccccc3s2)cn1. The third-order valence-electron chi connectivity index (χ3n) is 3.59. The largest absolute Gasteiger partial charge is 0.312 e. The summed E-state index contributed by atoms with van der Waals surface area (Å²) >= 11 is 1.87. The Morgan fingerprint density at radius 2 is 2.20 bits per heavy atom. The smallest absolute Gasteiger partial charge is 0.0522 e. The number of thiophene rings is 1. The summed E-state index contributed by atoms with van der Waals surface area (Å²) in [6, 6.07) is 11.2. The highest BCUT2D eigenvalue weighted by molar-refractivity contribution is 7.19. The molecule has 0 radical (unpaired) electrons. The van der Waals surface area contributed by atoms with Gasteiger partial charge in [-0.2, -0.15) is 5.10 Å². The fourth-order valence-corrected chi connectivity index (χ4v) is 3.61. The van der Waals surface area contributed by atoms with E-state index in [1.165, 1.54) is 20.5 Å². The predicted octanol–water partition coefficient (Wildman–Crippen LogP) is 3.62. The monoisotopic (exact) mass is 285 g/mol. The van der Waals surface area contributed by atoms with Crippen molar-refractivity contribution in [3.05, 3.63) is 53.2 Å². The van der Waals surface area contributed by atoms with Crippen LogP contribution < -0.4 is 5.32 Å². The molecule has 104 valence electrons. The van der Waals surface area contributed by atoms with E-state index in [-0.39, 0.29) is 0 Å². The zero-order valence-corrected chi connectivity index (χ0v) is 12.7. The van der Waals surface area contributed by atoms with Crippen LogP contribution in [0.5, 0.6) is 0 Å². The number of benzene rings is 1. The van der Waals surface area contributed by atoms with Gasteiger partial charge in [-0.25, -0.2) is 0 Å². The number of aromatic nitrogens is 2. The van der Waals surface area contributed by atoms with Crippen molar-refractivity contribution in [2.24, 2.45) is 0 Å². The van der Waals surface area contributed by atoms with E-state index in [0.29, 0.717) is 6.04 Å². The number of fused-ring (bicyclic) bond motifs is 1. The van der Waals surface area contributed by atoms with Crippen LogP contribution in [0.2, 0.25) is 0 Å². The van der Waals surface area contributed by atoms with Gasteiger partial charge in [-0.05, 0) is 43.5 Å². The minimum Gasteiger partial charge on any atom is -0.312 e. The van der Waals surface area contributed by atoms with Gasteiger partial charge in [-0.3, -0.25) is 4.68 Å². The van der Waals surface area contributed by atoms with Crippen molar-refractivity contribution in [3.8, 4) is 0 Å². The van der Waals surface area contributed by atoms with E-state index in [1.54, 1.807) is 0 Å². The molecule has 3 nitrogen and oxygen atoms in total. The third kappa shape index (κ3) is 2.62. The quantitative estimate of drug-likeness (QED) is 0.776. The third-order valence-corrected chi connectivity index (χ3v) is 4.82. The van der Waals surface area contributed by atoms with Crippen molar-refractivity contribution in [1.82, 2.24) is 15.1 Å². The van der Waals surface area contributed by atoms with E-state index in [2.05, 4.69) is 53.9 Å². The molecular weight excluding hydrogens is 266 g/mol. The maximum Gasteiger partial charge on any atom is 0.0522 e. The Kier molecular flexibility index (Phi) is 3.85. The minimum atomic E-state index is 0.349. The van der Waals surface area contributed by atoms with Gasteiger partial charge < -0.3 is 5.32 Å². The number of likely N-dealkylation sites (N-methyl/N-ethyl adjacent to an activating group) is 1. The van der Waals surface area contributed by atoms with Gasteiger partial charge in [-0.15, -0.1) is 11.3 Å². The molecule has 0 bridgehead atoms. The van der Waals surface area contributed by atoms with Crippen molar-refractivity contribution >= 4 is 21.4 Å². The molecule has 3 rings (SSSR count). The van der Waals surface area contributed by atoms with Crippen LogP contribution in [0.1, 0.15) is 23.4 Å². The Labute approximate surface area is 123 Å². The first-order valence-electron chi connectivity index (χ1n) is 6.97. The summed E-state index contributed by atoms with van der Waals surface area (Å²) < 4.78 is 3.33. The lowest BCUT2D eigenvalue weighted by molar-refractivity contribution is 0.601. The molecule has 0 spiro atoms. The second-order valence-electron chi connectivity index (χ2n) is 4.94. The molecule has 0 aliphatic heterocycles. The summed E-state index contributed by atoms with van der Waals surface area (Å²) in [7, 11) is 2.03. The van der Waals surface area contributed by atoms with Gasteiger partial charge in [0.25, 0.3) is 0 Å². The van der Waals surface area contributed by atoms with Gasteiger partial charge in [0, 0.05) is 28.4 Å². The lowest BCUT2D eigenvalue weighted by atomic mass is 10.1. The molecule has 1 aromatic carbocycles. The van der Waals surface area contributed by atoms with Crippen LogP contribution in [0.15, 0.2) is 42.7 Å². The van der Waals surface area contributed by atoms with Gasteiger partial charge in [-0.1, -0.05) is 18.2 Å². The van der Waals surface area contributed by atoms with Gasteiger partial charge >= 0.3 is 0 Å². The van der Waals surface area contributed by atoms with Crippen LogP contribution in [0.4, 0.5) is 0 Å². The summed E-state index contributed by atoms with van der Waals surface area (Å²) in [5, 5.41) is 9.11. The van der Waals surface area contributed by atoms with Crippen LogP contribution >= 0.6 is 11.3 Å². The van der Waals surface area contributed by atoms with E-state index in [0.717, 1.165) is 13.0 Å². The Bertz CT molecular complexity index is 665. The van der Waals surface area contributed by atoms with Gasteiger partial charge in [0.15, 0.2) is 0 Å². The average molecular weight is 285 g/mol. The summed E-state index contributed by atoms with van der Waals surface area (Å²) in [6.07, 6.45) is 5.09. The minimum absolute atomic E-state index is 0.349. The van der Waals surface area contributed by atoms with E-state index >= 15 is 0 Å². The lowest BCUT2D eigenvalue weighted by Crippen LogP contribution is -2.17. The molecule has 2 aromatic heterocycles. The number of hydrogen-bond acceptors (Lipinski definition) is 3. The van der Waals surface area contributed by atoms with Crippen LogP contribution in [0.25, 0.3) is 10.1 Å². The Morgan fingerprint density at radius 1 is 1.35 bits per heavy atom. The van der Waals surface area contributed by atoms with Gasteiger partial charge in [0.05, 0.1) is 6.20 Å². The van der Waals surface area contributed by atoms with Crippen LogP contribution in [-0.4, -0.2) is 16.8 Å². The standard InChI is InChI=1S/C16H19N3S/c1-3-19-11-12(10-18-19)8-14(17-2)16-9-13-6-4-5-7-15(13)20-16/h4-7,9-11,14,17H,3,8H2,1-2H3. The molecule has 3 aromatic rings. The maximum absolute atomic E-state index is 4.35. The number of nitrogens with zero attached hydrogens (tertiary/aromatic N) is 2. The van der Waals surface area contributed by atoms with E-state index in [4.69, 9.17) is 0 Å². The number of rotatable bonds is 5. The fourth-order valence-electron chi connectivity index (χ4n) is 2.44. The summed E-state index contributed by atoms with van der Waals surface area (Å²) in [5.74, 6) is 0. The highest BCUT2D eigenvalue weighted by atomic mass is 32.1. The van der Waals surface area contributed by atoms with E-state index in [9.17, 15) is 0 Å². The topological polar surface area (TPSA) is 29.9 Å². The van der Waals surface area contributed by atoms with Crippen LogP contribution in [-0.2, 0) is 13.0 Å². The molecule has 0 aliphatic rings. The zero-order valence-electron chi connectivity index (χ0n) is 11.8. The molecule has 0 fully saturated rings. The summed E-state index contributed by atoms with van der Waals surface area (Å²) in [4.78, 5) is 1.39. The molecule has 0 saturated carbocycles. The molecule has 0 aliphatic carbocycles.